The van der Waals surface area contributed by atoms with Gasteiger partial charge in [0.1, 0.15) is 6.10 Å². The number of benzene rings is 1. The summed E-state index contributed by atoms with van der Waals surface area (Å²) < 4.78 is 1.59. The molecule has 0 aliphatic rings. The third-order valence-corrected chi connectivity index (χ3v) is 4.25. The van der Waals surface area contributed by atoms with Crippen LogP contribution in [-0.4, -0.2) is 10.1 Å². The van der Waals surface area contributed by atoms with Crippen LogP contribution in [0.3, 0.4) is 0 Å². The van der Waals surface area contributed by atoms with E-state index in [0.717, 1.165) is 14.5 Å². The molecule has 1 aromatic carbocycles. The lowest BCUT2D eigenvalue weighted by molar-refractivity contribution is 0.173. The standard InChI is InChI=1S/C13H9Br2Cl2NO/c14-8-5-10(15)13(18-6-8)12(19)4-7-3-9(16)1-2-11(7)17/h1-3,5-6,12,19H,4H2. The first-order chi connectivity index (χ1) is 8.97. The molecule has 0 saturated heterocycles. The second kappa shape index (κ2) is 6.55. The van der Waals surface area contributed by atoms with E-state index < -0.39 is 6.10 Å². The van der Waals surface area contributed by atoms with Crippen LogP contribution in [0.1, 0.15) is 17.4 Å². The van der Waals surface area contributed by atoms with Crippen molar-refractivity contribution in [2.24, 2.45) is 0 Å². The molecule has 0 bridgehead atoms. The van der Waals surface area contributed by atoms with Gasteiger partial charge in [-0.1, -0.05) is 23.2 Å². The van der Waals surface area contributed by atoms with Crippen molar-refractivity contribution in [3.63, 3.8) is 0 Å². The number of nitrogens with zero attached hydrogens (tertiary/aromatic N) is 1. The van der Waals surface area contributed by atoms with E-state index >= 15 is 0 Å². The lowest BCUT2D eigenvalue weighted by Gasteiger charge is -2.13. The predicted molar refractivity (Wildman–Crippen MR) is 84.8 cm³/mol. The van der Waals surface area contributed by atoms with Crippen LogP contribution in [0, 0.1) is 0 Å². The van der Waals surface area contributed by atoms with E-state index in [-0.39, 0.29) is 0 Å². The number of aliphatic hydroxyl groups excluding tert-OH is 1. The molecule has 100 valence electrons. The summed E-state index contributed by atoms with van der Waals surface area (Å²) in [5, 5.41) is 11.4. The average molecular weight is 426 g/mol. The Balaban J connectivity index is 2.25. The SMILES string of the molecule is OC(Cc1cc(Cl)ccc1Cl)c1ncc(Br)cc1Br. The number of hydrogen-bond donors (Lipinski definition) is 1. The molecule has 0 fully saturated rings. The van der Waals surface area contributed by atoms with Crippen LogP contribution in [0.4, 0.5) is 0 Å². The van der Waals surface area contributed by atoms with Crippen LogP contribution in [0.15, 0.2) is 39.4 Å². The molecule has 0 aliphatic heterocycles. The fraction of sp³-hybridized carbons (Fsp3) is 0.154. The van der Waals surface area contributed by atoms with Crippen molar-refractivity contribution in [2.75, 3.05) is 0 Å². The zero-order valence-electron chi connectivity index (χ0n) is 9.58. The molecule has 1 aromatic heterocycles. The van der Waals surface area contributed by atoms with Gasteiger partial charge in [-0.25, -0.2) is 0 Å². The van der Waals surface area contributed by atoms with E-state index in [4.69, 9.17) is 23.2 Å². The number of hydrogen-bond acceptors (Lipinski definition) is 2. The monoisotopic (exact) mass is 423 g/mol. The molecule has 0 radical (unpaired) electrons. The van der Waals surface area contributed by atoms with Crippen molar-refractivity contribution in [2.45, 2.75) is 12.5 Å². The summed E-state index contributed by atoms with van der Waals surface area (Å²) >= 11 is 18.7. The maximum atomic E-state index is 10.3. The normalized spacial score (nSPS) is 12.5. The Bertz CT molecular complexity index is 607. The summed E-state index contributed by atoms with van der Waals surface area (Å²) in [5.41, 5.74) is 1.36. The van der Waals surface area contributed by atoms with Crippen LogP contribution in [0.25, 0.3) is 0 Å². The van der Waals surface area contributed by atoms with E-state index in [2.05, 4.69) is 36.8 Å². The molecular weight excluding hydrogens is 417 g/mol. The van der Waals surface area contributed by atoms with E-state index in [9.17, 15) is 5.11 Å². The van der Waals surface area contributed by atoms with E-state index in [1.807, 2.05) is 6.07 Å². The van der Waals surface area contributed by atoms with Gasteiger partial charge in [0.05, 0.1) is 5.69 Å². The minimum Gasteiger partial charge on any atom is -0.386 e. The van der Waals surface area contributed by atoms with Gasteiger partial charge < -0.3 is 5.11 Å². The summed E-state index contributed by atoms with van der Waals surface area (Å²) in [6, 6.07) is 7.02. The van der Waals surface area contributed by atoms with Crippen LogP contribution in [0.2, 0.25) is 10.0 Å². The number of aliphatic hydroxyl groups is 1. The lowest BCUT2D eigenvalue weighted by Crippen LogP contribution is -2.05. The molecular formula is C13H9Br2Cl2NO. The summed E-state index contributed by atoms with van der Waals surface area (Å²) in [6.07, 6.45) is 1.24. The molecule has 0 amide bonds. The summed E-state index contributed by atoms with van der Waals surface area (Å²) in [6.45, 7) is 0. The van der Waals surface area contributed by atoms with Crippen molar-refractivity contribution in [3.05, 3.63) is 60.7 Å². The minimum atomic E-state index is -0.751. The van der Waals surface area contributed by atoms with E-state index in [1.54, 1.807) is 24.4 Å². The van der Waals surface area contributed by atoms with Gasteiger partial charge in [-0.05, 0) is 61.7 Å². The Labute approximate surface area is 138 Å². The van der Waals surface area contributed by atoms with Gasteiger partial charge in [-0.3, -0.25) is 4.98 Å². The third-order valence-electron chi connectivity index (χ3n) is 2.57. The Morgan fingerprint density at radius 2 is 1.95 bits per heavy atom. The summed E-state index contributed by atoms with van der Waals surface area (Å²) in [7, 11) is 0. The van der Waals surface area contributed by atoms with Crippen LogP contribution in [-0.2, 0) is 6.42 Å². The number of rotatable bonds is 3. The average Bonchev–Trinajstić information content (AvgIpc) is 2.33. The van der Waals surface area contributed by atoms with Gasteiger partial charge in [-0.15, -0.1) is 0 Å². The Morgan fingerprint density at radius 3 is 2.63 bits per heavy atom. The number of halogens is 4. The maximum Gasteiger partial charge on any atom is 0.101 e. The van der Waals surface area contributed by atoms with Crippen molar-refractivity contribution in [3.8, 4) is 0 Å². The van der Waals surface area contributed by atoms with Gasteiger partial charge >= 0.3 is 0 Å². The second-order valence-electron chi connectivity index (χ2n) is 3.98. The number of aromatic nitrogens is 1. The molecule has 2 rings (SSSR count). The smallest absolute Gasteiger partial charge is 0.101 e. The second-order valence-corrected chi connectivity index (χ2v) is 6.59. The minimum absolute atomic E-state index is 0.354. The topological polar surface area (TPSA) is 33.1 Å². The molecule has 2 aromatic rings. The molecule has 0 spiro atoms. The molecule has 0 aliphatic carbocycles. The highest BCUT2D eigenvalue weighted by Crippen LogP contribution is 2.29. The van der Waals surface area contributed by atoms with E-state index in [1.165, 1.54) is 0 Å². The van der Waals surface area contributed by atoms with Gasteiger partial charge in [0.25, 0.3) is 0 Å². The molecule has 1 atom stereocenters. The fourth-order valence-electron chi connectivity index (χ4n) is 1.68. The van der Waals surface area contributed by atoms with Crippen LogP contribution in [0.5, 0.6) is 0 Å². The van der Waals surface area contributed by atoms with E-state index in [0.29, 0.717) is 22.2 Å². The molecule has 1 heterocycles. The first-order valence-electron chi connectivity index (χ1n) is 5.40. The Hall–Kier alpha value is -0.130. The first-order valence-corrected chi connectivity index (χ1v) is 7.74. The maximum absolute atomic E-state index is 10.3. The molecule has 1 N–H and O–H groups in total. The molecule has 2 nitrogen and oxygen atoms in total. The largest absolute Gasteiger partial charge is 0.386 e. The van der Waals surface area contributed by atoms with Gasteiger partial charge in [0.2, 0.25) is 0 Å². The highest BCUT2D eigenvalue weighted by atomic mass is 79.9. The lowest BCUT2D eigenvalue weighted by atomic mass is 10.1. The van der Waals surface area contributed by atoms with Crippen molar-refractivity contribution >= 4 is 55.1 Å². The third kappa shape index (κ3) is 3.92. The highest BCUT2D eigenvalue weighted by Gasteiger charge is 2.15. The van der Waals surface area contributed by atoms with Crippen molar-refractivity contribution < 1.29 is 5.11 Å². The van der Waals surface area contributed by atoms with Gasteiger partial charge in [0, 0.05) is 31.6 Å². The molecule has 0 saturated carbocycles. The van der Waals surface area contributed by atoms with Crippen LogP contribution >= 0.6 is 55.1 Å². The highest BCUT2D eigenvalue weighted by molar-refractivity contribution is 9.11. The fourth-order valence-corrected chi connectivity index (χ4v) is 3.32. The predicted octanol–water partition coefficient (Wildman–Crippen LogP) is 5.19. The first kappa shape index (κ1) is 15.3. The number of pyridine rings is 1. The summed E-state index contributed by atoms with van der Waals surface area (Å²) in [5.74, 6) is 0. The Morgan fingerprint density at radius 1 is 1.21 bits per heavy atom. The zero-order chi connectivity index (χ0) is 14.0. The van der Waals surface area contributed by atoms with Crippen molar-refractivity contribution in [1.82, 2.24) is 4.98 Å². The zero-order valence-corrected chi connectivity index (χ0v) is 14.3. The molecule has 1 unspecified atom stereocenters. The molecule has 6 heteroatoms. The van der Waals surface area contributed by atoms with Gasteiger partial charge in [0.15, 0.2) is 0 Å². The Kier molecular flexibility index (Phi) is 5.26. The molecule has 19 heavy (non-hydrogen) atoms. The van der Waals surface area contributed by atoms with Crippen LogP contribution < -0.4 is 0 Å². The summed E-state index contributed by atoms with van der Waals surface area (Å²) in [4.78, 5) is 4.21. The van der Waals surface area contributed by atoms with Crippen molar-refractivity contribution in [1.29, 1.82) is 0 Å². The van der Waals surface area contributed by atoms with Gasteiger partial charge in [-0.2, -0.15) is 0 Å². The quantitative estimate of drug-likeness (QED) is 0.734.